The topological polar surface area (TPSA) is 115 Å². The number of unbranched alkanes of at least 4 members (excludes halogenated alkanes) is 2. The Morgan fingerprint density at radius 3 is 2.45 bits per heavy atom. The molecular weight excluding hydrogens is 622 g/mol. The number of amides is 3. The number of carbonyl (C=O) groups excluding carboxylic acids is 2. The van der Waals surface area contributed by atoms with Crippen LogP contribution >= 0.6 is 11.3 Å². The SMILES string of the molecule is CCCCN(CCCC)CCCNc1nc(-c2cc(C(=O)Nc3nccs3)ccc2C)c2c(n1)N(c1c(F)cccc1F)C(=O)NC2. The van der Waals surface area contributed by atoms with Gasteiger partial charge < -0.3 is 15.5 Å². The Morgan fingerprint density at radius 1 is 1.04 bits per heavy atom. The molecule has 10 nitrogen and oxygen atoms in total. The molecule has 2 aromatic carbocycles. The maximum atomic E-state index is 15.1. The lowest BCUT2D eigenvalue weighted by atomic mass is 9.97. The van der Waals surface area contributed by atoms with E-state index in [1.165, 1.54) is 17.4 Å². The number of thiazole rings is 1. The van der Waals surface area contributed by atoms with E-state index in [9.17, 15) is 9.59 Å². The van der Waals surface area contributed by atoms with Gasteiger partial charge >= 0.3 is 6.03 Å². The molecule has 0 bridgehead atoms. The van der Waals surface area contributed by atoms with Crippen molar-refractivity contribution in [1.29, 1.82) is 0 Å². The van der Waals surface area contributed by atoms with E-state index in [4.69, 9.17) is 4.98 Å². The molecule has 248 valence electrons. The molecule has 0 saturated carbocycles. The van der Waals surface area contributed by atoms with Gasteiger partial charge in [-0.15, -0.1) is 11.3 Å². The third-order valence-electron chi connectivity index (χ3n) is 7.98. The van der Waals surface area contributed by atoms with E-state index in [0.717, 1.165) is 74.3 Å². The van der Waals surface area contributed by atoms with Crippen molar-refractivity contribution < 1.29 is 18.4 Å². The summed E-state index contributed by atoms with van der Waals surface area (Å²) in [5, 5.41) is 11.0. The summed E-state index contributed by atoms with van der Waals surface area (Å²) in [6.45, 7) is 9.81. The maximum absolute atomic E-state index is 15.1. The fourth-order valence-electron chi connectivity index (χ4n) is 5.45. The molecule has 13 heteroatoms. The molecule has 0 atom stereocenters. The van der Waals surface area contributed by atoms with E-state index in [1.54, 1.807) is 23.7 Å². The van der Waals surface area contributed by atoms with Crippen LogP contribution in [0.3, 0.4) is 0 Å². The van der Waals surface area contributed by atoms with Crippen LogP contribution in [0.1, 0.15) is 67.4 Å². The number of rotatable bonds is 15. The summed E-state index contributed by atoms with van der Waals surface area (Å²) in [7, 11) is 0. The number of aromatic nitrogens is 3. The molecule has 0 spiro atoms. The highest BCUT2D eigenvalue weighted by Gasteiger charge is 2.34. The Labute approximate surface area is 277 Å². The third kappa shape index (κ3) is 8.09. The van der Waals surface area contributed by atoms with Gasteiger partial charge in [-0.25, -0.2) is 28.4 Å². The first-order valence-electron chi connectivity index (χ1n) is 16.0. The lowest BCUT2D eigenvalue weighted by Crippen LogP contribution is -2.43. The van der Waals surface area contributed by atoms with Gasteiger partial charge in [0.05, 0.1) is 12.2 Å². The average molecular weight is 663 g/mol. The lowest BCUT2D eigenvalue weighted by Gasteiger charge is -2.31. The predicted octanol–water partition coefficient (Wildman–Crippen LogP) is 7.50. The van der Waals surface area contributed by atoms with Crippen molar-refractivity contribution in [2.45, 2.75) is 59.4 Å². The van der Waals surface area contributed by atoms with Gasteiger partial charge in [-0.3, -0.25) is 10.1 Å². The second kappa shape index (κ2) is 15.9. The highest BCUT2D eigenvalue weighted by atomic mass is 32.1. The first kappa shape index (κ1) is 33.9. The molecule has 1 aliphatic rings. The number of anilines is 4. The third-order valence-corrected chi connectivity index (χ3v) is 8.66. The van der Waals surface area contributed by atoms with E-state index in [1.807, 2.05) is 13.0 Å². The Hall–Kier alpha value is -4.49. The highest BCUT2D eigenvalue weighted by molar-refractivity contribution is 7.13. The van der Waals surface area contributed by atoms with Crippen LogP contribution in [0.5, 0.6) is 0 Å². The fourth-order valence-corrected chi connectivity index (χ4v) is 5.97. The van der Waals surface area contributed by atoms with E-state index >= 15 is 8.78 Å². The predicted molar refractivity (Wildman–Crippen MR) is 182 cm³/mol. The Bertz CT molecular complexity index is 1670. The summed E-state index contributed by atoms with van der Waals surface area (Å²) >= 11 is 1.31. The van der Waals surface area contributed by atoms with Crippen molar-refractivity contribution in [3.63, 3.8) is 0 Å². The molecule has 2 aromatic heterocycles. The number of nitrogens with one attached hydrogen (secondary N) is 3. The van der Waals surface area contributed by atoms with Crippen LogP contribution in [-0.4, -0.2) is 58.0 Å². The number of carbonyl (C=O) groups is 2. The zero-order valence-electron chi connectivity index (χ0n) is 26.9. The normalized spacial score (nSPS) is 12.6. The standard InChI is InChI=1S/C34H40F2N8O2S/c1-4-6-16-43(17-7-5-2)18-9-14-37-32-40-28(24-20-23(13-12-22(24)3)31(45)42-33-38-15-19-47-33)25-21-39-34(46)44(30(25)41-32)29-26(35)10-8-11-27(29)36/h8,10-13,15,19-20H,4-7,9,14,16-18,21H2,1-3H3,(H,39,46)(H,37,40,41)(H,38,42,45). The number of halogens is 2. The Balaban J connectivity index is 1.52. The summed E-state index contributed by atoms with van der Waals surface area (Å²) in [5.41, 5.74) is 2.17. The molecule has 0 unspecified atom stereocenters. The number of hydrogen-bond donors (Lipinski definition) is 3. The quantitative estimate of drug-likeness (QED) is 0.113. The van der Waals surface area contributed by atoms with E-state index < -0.39 is 23.4 Å². The van der Waals surface area contributed by atoms with Gasteiger partial charge in [-0.05, 0) is 75.6 Å². The molecule has 0 radical (unpaired) electrons. The molecular formula is C34H40F2N8O2S. The number of benzene rings is 2. The van der Waals surface area contributed by atoms with Crippen molar-refractivity contribution in [2.24, 2.45) is 0 Å². The van der Waals surface area contributed by atoms with Gasteiger partial charge in [-0.2, -0.15) is 4.98 Å². The second-order valence-corrected chi connectivity index (χ2v) is 12.3. The van der Waals surface area contributed by atoms with Crippen LogP contribution < -0.4 is 20.9 Å². The smallest absolute Gasteiger partial charge is 0.328 e. The lowest BCUT2D eigenvalue weighted by molar-refractivity contribution is 0.102. The first-order valence-corrected chi connectivity index (χ1v) is 16.9. The summed E-state index contributed by atoms with van der Waals surface area (Å²) in [4.78, 5) is 43.4. The molecule has 3 heterocycles. The molecule has 1 aliphatic heterocycles. The molecule has 47 heavy (non-hydrogen) atoms. The van der Waals surface area contributed by atoms with E-state index in [-0.39, 0.29) is 24.2 Å². The molecule has 0 fully saturated rings. The van der Waals surface area contributed by atoms with Gasteiger partial charge in [0.2, 0.25) is 5.95 Å². The highest BCUT2D eigenvalue weighted by Crippen LogP contribution is 2.39. The maximum Gasteiger partial charge on any atom is 0.328 e. The van der Waals surface area contributed by atoms with E-state index in [2.05, 4.69) is 44.7 Å². The van der Waals surface area contributed by atoms with Crippen LogP contribution in [0, 0.1) is 18.6 Å². The molecule has 3 N–H and O–H groups in total. The largest absolute Gasteiger partial charge is 0.354 e. The summed E-state index contributed by atoms with van der Waals surface area (Å²) in [6.07, 6.45) is 6.97. The van der Waals surface area contributed by atoms with Crippen molar-refractivity contribution in [2.75, 3.05) is 41.7 Å². The zero-order valence-corrected chi connectivity index (χ0v) is 27.7. The molecule has 4 aromatic rings. The molecule has 3 amide bonds. The fraction of sp³-hybridized carbons (Fsp3) is 0.382. The number of para-hydroxylation sites is 1. The van der Waals surface area contributed by atoms with Crippen molar-refractivity contribution in [3.8, 4) is 11.3 Å². The van der Waals surface area contributed by atoms with Gasteiger partial charge in [0.1, 0.15) is 17.3 Å². The van der Waals surface area contributed by atoms with Crippen LogP contribution in [0.25, 0.3) is 11.3 Å². The first-order chi connectivity index (χ1) is 22.8. The van der Waals surface area contributed by atoms with E-state index in [0.29, 0.717) is 34.1 Å². The summed E-state index contributed by atoms with van der Waals surface area (Å²) < 4.78 is 30.2. The van der Waals surface area contributed by atoms with Gasteiger partial charge in [-0.1, -0.05) is 38.8 Å². The number of nitrogens with zero attached hydrogens (tertiary/aromatic N) is 5. The van der Waals surface area contributed by atoms with Crippen molar-refractivity contribution in [3.05, 3.63) is 76.3 Å². The van der Waals surface area contributed by atoms with Gasteiger partial charge in [0.15, 0.2) is 10.9 Å². The van der Waals surface area contributed by atoms with Crippen LogP contribution in [0.2, 0.25) is 0 Å². The van der Waals surface area contributed by atoms with Crippen LogP contribution in [0.15, 0.2) is 48.0 Å². The number of fused-ring (bicyclic) bond motifs is 1. The second-order valence-electron chi connectivity index (χ2n) is 11.4. The Kier molecular flexibility index (Phi) is 11.4. The molecule has 0 saturated heterocycles. The monoisotopic (exact) mass is 662 g/mol. The van der Waals surface area contributed by atoms with Gasteiger partial charge in [0.25, 0.3) is 5.91 Å². The zero-order chi connectivity index (χ0) is 33.3. The minimum atomic E-state index is -0.904. The summed E-state index contributed by atoms with van der Waals surface area (Å²) in [5.74, 6) is -1.88. The molecule has 0 aliphatic carbocycles. The minimum Gasteiger partial charge on any atom is -0.354 e. The average Bonchev–Trinajstić information content (AvgIpc) is 3.57. The number of urea groups is 1. The van der Waals surface area contributed by atoms with Crippen LogP contribution in [-0.2, 0) is 6.54 Å². The van der Waals surface area contributed by atoms with Crippen molar-refractivity contribution >= 4 is 45.9 Å². The number of hydrogen-bond acceptors (Lipinski definition) is 8. The number of aryl methyl sites for hydroxylation is 1. The van der Waals surface area contributed by atoms with Crippen LogP contribution in [0.4, 0.5) is 36.2 Å². The molecule has 5 rings (SSSR count). The van der Waals surface area contributed by atoms with Gasteiger partial charge in [0, 0.05) is 34.8 Å². The Morgan fingerprint density at radius 2 is 1.77 bits per heavy atom. The van der Waals surface area contributed by atoms with Crippen molar-refractivity contribution in [1.82, 2.24) is 25.2 Å². The minimum absolute atomic E-state index is 0.0230. The summed E-state index contributed by atoms with van der Waals surface area (Å²) in [6, 6.07) is 7.95.